The maximum atomic E-state index is 12.2. The van der Waals surface area contributed by atoms with Crippen molar-refractivity contribution < 1.29 is 9.90 Å². The molecule has 1 heterocycles. The molecule has 21 heavy (non-hydrogen) atoms. The van der Waals surface area contributed by atoms with E-state index in [9.17, 15) is 14.7 Å². The molecule has 1 aromatic heterocycles. The summed E-state index contributed by atoms with van der Waals surface area (Å²) in [6.45, 7) is 9.23. The summed E-state index contributed by atoms with van der Waals surface area (Å²) in [5.41, 5.74) is 1.59. The van der Waals surface area contributed by atoms with Gasteiger partial charge in [-0.05, 0) is 45.6 Å². The maximum absolute atomic E-state index is 12.2. The number of aryl methyl sites for hydroxylation is 1. The van der Waals surface area contributed by atoms with Gasteiger partial charge in [-0.3, -0.25) is 9.36 Å². The van der Waals surface area contributed by atoms with Gasteiger partial charge in [0, 0.05) is 23.0 Å². The molecule has 0 bridgehead atoms. The SMILES string of the molecule is CCSCCC(C)n1c(C)c(C(C)C(=O)O)c(C)nc1=O. The Balaban J connectivity index is 3.24. The van der Waals surface area contributed by atoms with Crippen molar-refractivity contribution in [3.63, 3.8) is 0 Å². The van der Waals surface area contributed by atoms with Gasteiger partial charge in [0.2, 0.25) is 0 Å². The summed E-state index contributed by atoms with van der Waals surface area (Å²) in [5.74, 6) is 0.457. The summed E-state index contributed by atoms with van der Waals surface area (Å²) in [4.78, 5) is 27.5. The first-order chi connectivity index (χ1) is 9.81. The standard InChI is InChI=1S/C15H24N2O3S/c1-6-21-8-7-9(2)17-12(5)13(10(3)14(18)19)11(4)16-15(17)20/h9-10H,6-8H2,1-5H3,(H,18,19). The molecule has 1 N–H and O–H groups in total. The second-order valence-electron chi connectivity index (χ2n) is 5.24. The van der Waals surface area contributed by atoms with Crippen LogP contribution in [-0.2, 0) is 4.79 Å². The van der Waals surface area contributed by atoms with Crippen LogP contribution in [0.15, 0.2) is 4.79 Å². The molecule has 0 aliphatic rings. The molecular weight excluding hydrogens is 288 g/mol. The maximum Gasteiger partial charge on any atom is 0.348 e. The first-order valence-electron chi connectivity index (χ1n) is 7.21. The van der Waals surface area contributed by atoms with Crippen molar-refractivity contribution >= 4 is 17.7 Å². The van der Waals surface area contributed by atoms with E-state index in [0.29, 0.717) is 11.3 Å². The molecule has 5 nitrogen and oxygen atoms in total. The number of rotatable bonds is 7. The highest BCUT2D eigenvalue weighted by Gasteiger charge is 2.23. The van der Waals surface area contributed by atoms with Gasteiger partial charge in [0.05, 0.1) is 5.92 Å². The first kappa shape index (κ1) is 17.8. The summed E-state index contributed by atoms with van der Waals surface area (Å²) in [6, 6.07) is 0.0180. The predicted molar refractivity (Wildman–Crippen MR) is 86.3 cm³/mol. The zero-order valence-corrected chi connectivity index (χ0v) is 14.2. The van der Waals surface area contributed by atoms with E-state index in [1.54, 1.807) is 18.4 Å². The molecule has 0 saturated heterocycles. The molecule has 0 saturated carbocycles. The Morgan fingerprint density at radius 2 is 2.00 bits per heavy atom. The zero-order chi connectivity index (χ0) is 16.2. The van der Waals surface area contributed by atoms with Gasteiger partial charge in [-0.25, -0.2) is 4.79 Å². The van der Waals surface area contributed by atoms with E-state index < -0.39 is 11.9 Å². The van der Waals surface area contributed by atoms with Crippen LogP contribution >= 0.6 is 11.8 Å². The largest absolute Gasteiger partial charge is 0.481 e. The van der Waals surface area contributed by atoms with Crippen molar-refractivity contribution in [2.24, 2.45) is 0 Å². The summed E-state index contributed by atoms with van der Waals surface area (Å²) in [5, 5.41) is 9.24. The van der Waals surface area contributed by atoms with Crippen molar-refractivity contribution in [3.8, 4) is 0 Å². The fraction of sp³-hybridized carbons (Fsp3) is 0.667. The number of carbonyl (C=O) groups is 1. The molecule has 0 amide bonds. The average Bonchev–Trinajstić information content (AvgIpc) is 2.38. The van der Waals surface area contributed by atoms with Crippen LogP contribution in [-0.4, -0.2) is 32.1 Å². The summed E-state index contributed by atoms with van der Waals surface area (Å²) in [7, 11) is 0. The van der Waals surface area contributed by atoms with Crippen LogP contribution in [0.5, 0.6) is 0 Å². The third kappa shape index (κ3) is 4.09. The van der Waals surface area contributed by atoms with Gasteiger partial charge in [0.1, 0.15) is 0 Å². The van der Waals surface area contributed by atoms with E-state index in [2.05, 4.69) is 11.9 Å². The highest BCUT2D eigenvalue weighted by Crippen LogP contribution is 2.24. The summed E-state index contributed by atoms with van der Waals surface area (Å²) < 4.78 is 1.64. The Bertz CT molecular complexity index is 569. The smallest absolute Gasteiger partial charge is 0.348 e. The highest BCUT2D eigenvalue weighted by atomic mass is 32.2. The monoisotopic (exact) mass is 312 g/mol. The molecule has 6 heteroatoms. The third-order valence-electron chi connectivity index (χ3n) is 3.74. The molecule has 0 aliphatic carbocycles. The van der Waals surface area contributed by atoms with Gasteiger partial charge < -0.3 is 5.11 Å². The molecule has 0 fully saturated rings. The fourth-order valence-corrected chi connectivity index (χ4v) is 3.39. The molecule has 0 aromatic carbocycles. The molecule has 0 radical (unpaired) electrons. The molecular formula is C15H24N2O3S. The number of carboxylic acids is 1. The number of hydrogen-bond donors (Lipinski definition) is 1. The zero-order valence-electron chi connectivity index (χ0n) is 13.3. The van der Waals surface area contributed by atoms with Crippen molar-refractivity contribution in [3.05, 3.63) is 27.4 Å². The number of hydrogen-bond acceptors (Lipinski definition) is 4. The van der Waals surface area contributed by atoms with E-state index in [-0.39, 0.29) is 11.7 Å². The van der Waals surface area contributed by atoms with Crippen molar-refractivity contribution in [1.82, 2.24) is 9.55 Å². The van der Waals surface area contributed by atoms with Gasteiger partial charge in [-0.2, -0.15) is 16.7 Å². The van der Waals surface area contributed by atoms with Crippen LogP contribution in [0.3, 0.4) is 0 Å². The number of aliphatic carboxylic acids is 1. The van der Waals surface area contributed by atoms with E-state index in [4.69, 9.17) is 0 Å². The molecule has 118 valence electrons. The first-order valence-corrected chi connectivity index (χ1v) is 8.36. The second kappa shape index (κ2) is 7.64. The molecule has 0 spiro atoms. The fourth-order valence-electron chi connectivity index (χ4n) is 2.59. The minimum atomic E-state index is -0.901. The molecule has 2 unspecified atom stereocenters. The molecule has 0 aliphatic heterocycles. The van der Waals surface area contributed by atoms with Crippen LogP contribution in [0, 0.1) is 13.8 Å². The van der Waals surface area contributed by atoms with Crippen LogP contribution in [0.4, 0.5) is 0 Å². The Morgan fingerprint density at radius 1 is 1.38 bits per heavy atom. The number of thioether (sulfide) groups is 1. The lowest BCUT2D eigenvalue weighted by molar-refractivity contribution is -0.138. The Morgan fingerprint density at radius 3 is 2.52 bits per heavy atom. The summed E-state index contributed by atoms with van der Waals surface area (Å²) >= 11 is 1.83. The predicted octanol–water partition coefficient (Wildman–Crippen LogP) is 2.75. The van der Waals surface area contributed by atoms with E-state index in [1.165, 1.54) is 0 Å². The lowest BCUT2D eigenvalue weighted by Gasteiger charge is -2.22. The van der Waals surface area contributed by atoms with Crippen molar-refractivity contribution in [1.29, 1.82) is 0 Å². The normalized spacial score (nSPS) is 14.0. The van der Waals surface area contributed by atoms with Gasteiger partial charge in [-0.15, -0.1) is 0 Å². The van der Waals surface area contributed by atoms with E-state index >= 15 is 0 Å². The Kier molecular flexibility index (Phi) is 6.45. The summed E-state index contributed by atoms with van der Waals surface area (Å²) in [6.07, 6.45) is 0.866. The quantitative estimate of drug-likeness (QED) is 0.784. The number of carboxylic acid groups (broad SMARTS) is 1. The third-order valence-corrected chi connectivity index (χ3v) is 4.67. The topological polar surface area (TPSA) is 72.2 Å². The number of aromatic nitrogens is 2. The van der Waals surface area contributed by atoms with Gasteiger partial charge in [0.15, 0.2) is 0 Å². The number of nitrogens with zero attached hydrogens (tertiary/aromatic N) is 2. The molecule has 1 aromatic rings. The highest BCUT2D eigenvalue weighted by molar-refractivity contribution is 7.99. The van der Waals surface area contributed by atoms with Crippen LogP contribution in [0.25, 0.3) is 0 Å². The van der Waals surface area contributed by atoms with Gasteiger partial charge >= 0.3 is 11.7 Å². The van der Waals surface area contributed by atoms with E-state index in [1.807, 2.05) is 25.6 Å². The van der Waals surface area contributed by atoms with Crippen LogP contribution < -0.4 is 5.69 Å². The lowest BCUT2D eigenvalue weighted by atomic mass is 9.97. The van der Waals surface area contributed by atoms with Crippen molar-refractivity contribution in [2.75, 3.05) is 11.5 Å². The Hall–Kier alpha value is -1.30. The van der Waals surface area contributed by atoms with Crippen LogP contribution in [0.2, 0.25) is 0 Å². The lowest BCUT2D eigenvalue weighted by Crippen LogP contribution is -2.31. The van der Waals surface area contributed by atoms with E-state index in [0.717, 1.165) is 23.6 Å². The minimum Gasteiger partial charge on any atom is -0.481 e. The van der Waals surface area contributed by atoms with Gasteiger partial charge in [0.25, 0.3) is 0 Å². The molecule has 1 rings (SSSR count). The van der Waals surface area contributed by atoms with Gasteiger partial charge in [-0.1, -0.05) is 6.92 Å². The molecule has 2 atom stereocenters. The second-order valence-corrected chi connectivity index (χ2v) is 6.64. The average molecular weight is 312 g/mol. The van der Waals surface area contributed by atoms with Crippen LogP contribution in [0.1, 0.15) is 56.1 Å². The Labute approximate surface area is 129 Å². The van der Waals surface area contributed by atoms with Crippen molar-refractivity contribution in [2.45, 2.75) is 53.0 Å². The minimum absolute atomic E-state index is 0.0180.